The first-order valence-corrected chi connectivity index (χ1v) is 10.3. The molecule has 2 heterocycles. The number of nitrogens with zero attached hydrogens (tertiary/aromatic N) is 1. The van der Waals surface area contributed by atoms with Crippen LogP contribution in [-0.4, -0.2) is 34.7 Å². The van der Waals surface area contributed by atoms with Crippen LogP contribution in [0.4, 0.5) is 0 Å². The Labute approximate surface area is 179 Å². The van der Waals surface area contributed by atoms with Gasteiger partial charge in [0.25, 0.3) is 0 Å². The van der Waals surface area contributed by atoms with E-state index in [0.29, 0.717) is 28.7 Å². The molecule has 1 aliphatic rings. The van der Waals surface area contributed by atoms with Crippen LogP contribution in [-0.2, 0) is 4.79 Å². The van der Waals surface area contributed by atoms with Crippen molar-refractivity contribution in [1.29, 1.82) is 0 Å². The van der Waals surface area contributed by atoms with E-state index < -0.39 is 0 Å². The van der Waals surface area contributed by atoms with Crippen molar-refractivity contribution in [2.75, 3.05) is 13.1 Å². The number of aromatic amines is 1. The highest BCUT2D eigenvalue weighted by Crippen LogP contribution is 2.31. The third-order valence-electron chi connectivity index (χ3n) is 5.28. The van der Waals surface area contributed by atoms with Gasteiger partial charge in [0.2, 0.25) is 5.91 Å². The van der Waals surface area contributed by atoms with Gasteiger partial charge in [-0.2, -0.15) is 0 Å². The summed E-state index contributed by atoms with van der Waals surface area (Å²) in [5.41, 5.74) is 3.97. The van der Waals surface area contributed by atoms with Crippen LogP contribution in [0.25, 0.3) is 16.5 Å². The van der Waals surface area contributed by atoms with E-state index in [1.165, 1.54) is 5.57 Å². The minimum absolute atomic E-state index is 0.00425. The molecular formula is C23H20Cl2N2O2. The first-order valence-electron chi connectivity index (χ1n) is 9.54. The summed E-state index contributed by atoms with van der Waals surface area (Å²) >= 11 is 12.0. The normalized spacial score (nSPS) is 14.1. The maximum absolute atomic E-state index is 12.5. The number of fused-ring (bicyclic) bond motifs is 1. The SMILES string of the molecule is O=C(CCC(=O)N1CC=C(c2c[nH]c3ccc(Cl)cc23)CC1)c1ccc(Cl)cc1. The second kappa shape index (κ2) is 8.44. The highest BCUT2D eigenvalue weighted by atomic mass is 35.5. The second-order valence-electron chi connectivity index (χ2n) is 7.14. The molecule has 0 fully saturated rings. The average Bonchev–Trinajstić information content (AvgIpc) is 3.15. The van der Waals surface area contributed by atoms with Crippen LogP contribution >= 0.6 is 23.2 Å². The number of rotatable bonds is 5. The molecule has 0 radical (unpaired) electrons. The van der Waals surface area contributed by atoms with Crippen LogP contribution < -0.4 is 0 Å². The molecule has 2 aromatic carbocycles. The fraction of sp³-hybridized carbons (Fsp3) is 0.217. The fourth-order valence-electron chi connectivity index (χ4n) is 3.66. The van der Waals surface area contributed by atoms with Crippen LogP contribution in [0.1, 0.15) is 35.2 Å². The lowest BCUT2D eigenvalue weighted by Crippen LogP contribution is -2.34. The summed E-state index contributed by atoms with van der Waals surface area (Å²) < 4.78 is 0. The maximum atomic E-state index is 12.5. The van der Waals surface area contributed by atoms with Crippen molar-refractivity contribution in [3.8, 4) is 0 Å². The molecule has 6 heteroatoms. The molecule has 4 nitrogen and oxygen atoms in total. The van der Waals surface area contributed by atoms with Crippen LogP contribution in [0, 0.1) is 0 Å². The van der Waals surface area contributed by atoms with Crippen molar-refractivity contribution in [3.05, 3.63) is 75.9 Å². The van der Waals surface area contributed by atoms with Crippen molar-refractivity contribution in [1.82, 2.24) is 9.88 Å². The van der Waals surface area contributed by atoms with E-state index in [4.69, 9.17) is 23.2 Å². The summed E-state index contributed by atoms with van der Waals surface area (Å²) in [4.78, 5) is 29.9. The van der Waals surface area contributed by atoms with Crippen LogP contribution in [0.2, 0.25) is 10.0 Å². The molecule has 1 N–H and O–H groups in total. The lowest BCUT2D eigenvalue weighted by atomic mass is 9.98. The Morgan fingerprint density at radius 3 is 2.48 bits per heavy atom. The van der Waals surface area contributed by atoms with Crippen LogP contribution in [0.15, 0.2) is 54.7 Å². The number of hydrogen-bond donors (Lipinski definition) is 1. The smallest absolute Gasteiger partial charge is 0.223 e. The Bertz CT molecular complexity index is 1100. The van der Waals surface area contributed by atoms with E-state index in [1.54, 1.807) is 29.2 Å². The van der Waals surface area contributed by atoms with Gasteiger partial charge in [0.15, 0.2) is 5.78 Å². The standard InChI is InChI=1S/C23H20Cl2N2O2/c24-17-3-1-16(2-4-17)22(28)7-8-23(29)27-11-9-15(10-12-27)20-14-26-21-6-5-18(25)13-19(20)21/h1-6,9,13-14,26H,7-8,10-12H2. The fourth-order valence-corrected chi connectivity index (χ4v) is 3.96. The molecule has 148 valence electrons. The summed E-state index contributed by atoms with van der Waals surface area (Å²) in [6.07, 6.45) is 5.28. The van der Waals surface area contributed by atoms with Crippen LogP contribution in [0.5, 0.6) is 0 Å². The number of nitrogens with one attached hydrogen (secondary N) is 1. The highest BCUT2D eigenvalue weighted by molar-refractivity contribution is 6.31. The van der Waals surface area contributed by atoms with Gasteiger partial charge in [0, 0.05) is 64.2 Å². The predicted molar refractivity (Wildman–Crippen MR) is 117 cm³/mol. The number of Topliss-reactive ketones (excluding diaryl/α,β-unsaturated/α-hetero) is 1. The molecule has 0 aliphatic carbocycles. The Kier molecular flexibility index (Phi) is 5.74. The third kappa shape index (κ3) is 4.39. The van der Waals surface area contributed by atoms with E-state index in [9.17, 15) is 9.59 Å². The largest absolute Gasteiger partial charge is 0.361 e. The second-order valence-corrected chi connectivity index (χ2v) is 8.01. The predicted octanol–water partition coefficient (Wildman–Crippen LogP) is 5.75. The van der Waals surface area contributed by atoms with Crippen molar-refractivity contribution >= 4 is 51.4 Å². The molecule has 1 amide bonds. The van der Waals surface area contributed by atoms with Gasteiger partial charge in [-0.25, -0.2) is 0 Å². The van der Waals surface area contributed by atoms with Crippen molar-refractivity contribution in [3.63, 3.8) is 0 Å². The number of ketones is 1. The summed E-state index contributed by atoms with van der Waals surface area (Å²) in [6, 6.07) is 12.6. The zero-order valence-electron chi connectivity index (χ0n) is 15.8. The molecule has 29 heavy (non-hydrogen) atoms. The molecule has 0 spiro atoms. The molecule has 1 aliphatic heterocycles. The van der Waals surface area contributed by atoms with Gasteiger partial charge in [0.05, 0.1) is 0 Å². The minimum Gasteiger partial charge on any atom is -0.361 e. The summed E-state index contributed by atoms with van der Waals surface area (Å²) in [5.74, 6) is -0.0384. The number of carbonyl (C=O) groups excluding carboxylic acids is 2. The van der Waals surface area contributed by atoms with Gasteiger partial charge < -0.3 is 9.88 Å². The van der Waals surface area contributed by atoms with Gasteiger partial charge >= 0.3 is 0 Å². The number of hydrogen-bond acceptors (Lipinski definition) is 2. The summed E-state index contributed by atoms with van der Waals surface area (Å²) in [6.45, 7) is 1.20. The van der Waals surface area contributed by atoms with E-state index in [0.717, 1.165) is 22.9 Å². The molecule has 4 rings (SSSR count). The van der Waals surface area contributed by atoms with Gasteiger partial charge in [-0.3, -0.25) is 9.59 Å². The topological polar surface area (TPSA) is 53.2 Å². The van der Waals surface area contributed by atoms with Crippen LogP contribution in [0.3, 0.4) is 0 Å². The lowest BCUT2D eigenvalue weighted by Gasteiger charge is -2.26. The first-order chi connectivity index (χ1) is 14.0. The Morgan fingerprint density at radius 1 is 1.00 bits per heavy atom. The molecule has 0 bridgehead atoms. The average molecular weight is 427 g/mol. The number of benzene rings is 2. The molecule has 3 aromatic rings. The van der Waals surface area contributed by atoms with Gasteiger partial charge in [-0.1, -0.05) is 29.3 Å². The molecule has 0 saturated carbocycles. The molecule has 0 unspecified atom stereocenters. The summed E-state index contributed by atoms with van der Waals surface area (Å²) in [7, 11) is 0. The first kappa shape index (κ1) is 19.7. The quantitative estimate of drug-likeness (QED) is 0.527. The number of amides is 1. The Balaban J connectivity index is 1.37. The molecular weight excluding hydrogens is 407 g/mol. The molecule has 0 saturated heterocycles. The minimum atomic E-state index is -0.0427. The zero-order valence-corrected chi connectivity index (χ0v) is 17.3. The molecule has 1 aromatic heterocycles. The monoisotopic (exact) mass is 426 g/mol. The Hall–Kier alpha value is -2.56. The third-order valence-corrected chi connectivity index (χ3v) is 5.77. The maximum Gasteiger partial charge on any atom is 0.223 e. The van der Waals surface area contributed by atoms with Crippen molar-refractivity contribution in [2.45, 2.75) is 19.3 Å². The van der Waals surface area contributed by atoms with Crippen molar-refractivity contribution < 1.29 is 9.59 Å². The number of aromatic nitrogens is 1. The number of halogens is 2. The Morgan fingerprint density at radius 2 is 1.76 bits per heavy atom. The zero-order chi connectivity index (χ0) is 20.4. The van der Waals surface area contributed by atoms with E-state index in [-0.39, 0.29) is 24.5 Å². The molecule has 0 atom stereocenters. The number of H-pyrrole nitrogens is 1. The summed E-state index contributed by atoms with van der Waals surface area (Å²) in [5, 5.41) is 2.39. The van der Waals surface area contributed by atoms with E-state index in [2.05, 4.69) is 11.1 Å². The van der Waals surface area contributed by atoms with Gasteiger partial charge in [0.1, 0.15) is 0 Å². The van der Waals surface area contributed by atoms with Gasteiger partial charge in [-0.05, 0) is 54.5 Å². The van der Waals surface area contributed by atoms with E-state index >= 15 is 0 Å². The highest BCUT2D eigenvalue weighted by Gasteiger charge is 2.20. The van der Waals surface area contributed by atoms with E-state index in [1.807, 2.05) is 24.4 Å². The van der Waals surface area contributed by atoms with Crippen molar-refractivity contribution in [2.24, 2.45) is 0 Å². The van der Waals surface area contributed by atoms with Gasteiger partial charge in [-0.15, -0.1) is 0 Å². The number of carbonyl (C=O) groups is 2. The lowest BCUT2D eigenvalue weighted by molar-refractivity contribution is -0.130.